The van der Waals surface area contributed by atoms with E-state index >= 15 is 0 Å². The number of ether oxygens (including phenoxy) is 1. The van der Waals surface area contributed by atoms with Crippen molar-refractivity contribution < 1.29 is 32.2 Å². The van der Waals surface area contributed by atoms with Crippen LogP contribution in [0.15, 0.2) is 34.7 Å². The van der Waals surface area contributed by atoms with Gasteiger partial charge in [-0.15, -0.1) is 0 Å². The van der Waals surface area contributed by atoms with E-state index in [1.54, 1.807) is 0 Å². The Kier molecular flexibility index (Phi) is 8.54. The smallest absolute Gasteiger partial charge is 0.311 e. The molecule has 28 heavy (non-hydrogen) atoms. The van der Waals surface area contributed by atoms with E-state index in [0.717, 1.165) is 5.56 Å². The average molecular weight is 432 g/mol. The minimum atomic E-state index is -2.69. The molecular formula is C16H23N4O6S2+. The highest BCUT2D eigenvalue weighted by atomic mass is 32.2. The number of imide groups is 1. The topological polar surface area (TPSA) is 123 Å². The molecule has 3 unspecified atom stereocenters. The van der Waals surface area contributed by atoms with Gasteiger partial charge in [-0.1, -0.05) is 30.3 Å². The molecule has 0 aromatic heterocycles. The molecule has 1 fully saturated rings. The van der Waals surface area contributed by atoms with Crippen molar-refractivity contribution in [2.24, 2.45) is 4.36 Å². The summed E-state index contributed by atoms with van der Waals surface area (Å²) < 4.78 is 33.6. The lowest BCUT2D eigenvalue weighted by atomic mass is 10.1. The summed E-state index contributed by atoms with van der Waals surface area (Å²) in [6, 6.07) is 8.40. The summed E-state index contributed by atoms with van der Waals surface area (Å²) in [6.45, 7) is 0.491. The highest BCUT2D eigenvalue weighted by Crippen LogP contribution is 2.30. The zero-order valence-corrected chi connectivity index (χ0v) is 17.2. The molecule has 0 spiro atoms. The van der Waals surface area contributed by atoms with Gasteiger partial charge < -0.3 is 4.74 Å². The van der Waals surface area contributed by atoms with Crippen molar-refractivity contribution in [3.8, 4) is 0 Å². The number of benzene rings is 1. The lowest BCUT2D eigenvalue weighted by Crippen LogP contribution is -2.66. The maximum atomic E-state index is 12.8. The molecule has 2 amide bonds. The van der Waals surface area contributed by atoms with Gasteiger partial charge in [0.05, 0.1) is 13.7 Å². The van der Waals surface area contributed by atoms with Crippen LogP contribution in [0.5, 0.6) is 0 Å². The molecule has 1 aliphatic rings. The number of rotatable bonds is 7. The average Bonchev–Trinajstić information content (AvgIpc) is 2.68. The fourth-order valence-electron chi connectivity index (χ4n) is 3.10. The van der Waals surface area contributed by atoms with Crippen molar-refractivity contribution in [2.75, 3.05) is 40.4 Å². The second kappa shape index (κ2) is 10.6. The highest BCUT2D eigenvalue weighted by molar-refractivity contribution is 8.11. The molecule has 2 rings (SSSR count). The molecule has 0 bridgehead atoms. The summed E-state index contributed by atoms with van der Waals surface area (Å²) in [5.74, 6) is -0.669. The van der Waals surface area contributed by atoms with E-state index in [1.165, 1.54) is 14.2 Å². The summed E-state index contributed by atoms with van der Waals surface area (Å²) in [5.41, 5.74) is 0.909. The number of nitrogens with zero attached hydrogens (tertiary/aromatic N) is 2. The first-order valence-electron chi connectivity index (χ1n) is 8.46. The van der Waals surface area contributed by atoms with Gasteiger partial charge in [-0.25, -0.2) is 4.84 Å². The van der Waals surface area contributed by atoms with Gasteiger partial charge in [-0.2, -0.15) is 17.4 Å². The Labute approximate surface area is 169 Å². The molecule has 154 valence electrons. The van der Waals surface area contributed by atoms with Crippen LogP contribution in [-0.4, -0.2) is 70.7 Å². The number of carbonyl (C=O) groups is 2. The van der Waals surface area contributed by atoms with Gasteiger partial charge in [0.25, 0.3) is 5.91 Å². The van der Waals surface area contributed by atoms with Gasteiger partial charge in [0.15, 0.2) is 0 Å². The van der Waals surface area contributed by atoms with E-state index in [9.17, 15) is 18.0 Å². The molecule has 0 aliphatic carbocycles. The lowest BCUT2D eigenvalue weighted by Gasteiger charge is -2.43. The highest BCUT2D eigenvalue weighted by Gasteiger charge is 2.48. The first-order chi connectivity index (χ1) is 13.4. The van der Waals surface area contributed by atoms with Gasteiger partial charge in [-0.05, 0) is 12.6 Å². The number of carbonyl (C=O) groups excluding carboxylic acids is 2. The molecule has 0 radical (unpaired) electrons. The van der Waals surface area contributed by atoms with E-state index in [0.29, 0.717) is 18.5 Å². The fourth-order valence-corrected chi connectivity index (χ4v) is 3.70. The standard InChI is InChI=1S/C16H22N4O6S2/c1-17-27-16(22)19-15(21)13(10-18-28(23)24)20(25-2)8-9-26-14(11-20)12-6-4-3-5-7-12/h3-7,13-14,17H,8-11H2,1-2H3/p+1. The van der Waals surface area contributed by atoms with E-state index < -0.39 is 27.7 Å². The second-order valence-corrected chi connectivity index (χ2v) is 7.61. The predicted octanol–water partition coefficient (Wildman–Crippen LogP) is 0.671. The van der Waals surface area contributed by atoms with Crippen molar-refractivity contribution in [3.05, 3.63) is 35.9 Å². The SMILES string of the molecule is CNSC(=O)NC(=O)C(CN=S(=O)=O)[N+]1(OC)CCOC(c2ccccc2)C1. The molecule has 3 atom stereocenters. The Bertz CT molecular complexity index is 812. The first-order valence-corrected chi connectivity index (χ1v) is 10.3. The zero-order chi connectivity index (χ0) is 20.6. The molecular weight excluding hydrogens is 408 g/mol. The lowest BCUT2D eigenvalue weighted by molar-refractivity contribution is -1.12. The minimum absolute atomic E-state index is 0.219. The maximum absolute atomic E-state index is 12.8. The Morgan fingerprint density at radius 3 is 2.71 bits per heavy atom. The van der Waals surface area contributed by atoms with Crippen LogP contribution in [0.3, 0.4) is 0 Å². The van der Waals surface area contributed by atoms with Gasteiger partial charge in [-0.3, -0.25) is 19.6 Å². The van der Waals surface area contributed by atoms with Gasteiger partial charge in [0.1, 0.15) is 25.7 Å². The molecule has 1 saturated heterocycles. The van der Waals surface area contributed by atoms with Crippen LogP contribution in [0.2, 0.25) is 0 Å². The monoisotopic (exact) mass is 431 g/mol. The third-order valence-corrected chi connectivity index (χ3v) is 5.29. The molecule has 1 heterocycles. The molecule has 10 nitrogen and oxygen atoms in total. The molecule has 1 aliphatic heterocycles. The first kappa shape index (κ1) is 22.5. The summed E-state index contributed by atoms with van der Waals surface area (Å²) in [6.07, 6.45) is -0.356. The number of hydroxylamine groups is 3. The van der Waals surface area contributed by atoms with E-state index in [2.05, 4.69) is 14.4 Å². The van der Waals surface area contributed by atoms with Crippen LogP contribution in [0, 0.1) is 0 Å². The largest absolute Gasteiger partial charge is 0.362 e. The quantitative estimate of drug-likeness (QED) is 0.477. The number of amides is 2. The molecule has 1 aromatic carbocycles. The molecule has 0 saturated carbocycles. The Balaban J connectivity index is 2.32. The summed E-state index contributed by atoms with van der Waals surface area (Å²) in [5, 5.41) is 1.63. The third-order valence-electron chi connectivity index (χ3n) is 4.44. The molecule has 12 heteroatoms. The van der Waals surface area contributed by atoms with Gasteiger partial charge in [0, 0.05) is 11.9 Å². The maximum Gasteiger partial charge on any atom is 0.311 e. The van der Waals surface area contributed by atoms with Crippen LogP contribution < -0.4 is 10.0 Å². The van der Waals surface area contributed by atoms with Gasteiger partial charge in [0.2, 0.25) is 6.04 Å². The minimum Gasteiger partial charge on any atom is -0.362 e. The van der Waals surface area contributed by atoms with Crippen molar-refractivity contribution >= 4 is 33.6 Å². The van der Waals surface area contributed by atoms with Gasteiger partial charge >= 0.3 is 15.7 Å². The Morgan fingerprint density at radius 1 is 1.39 bits per heavy atom. The van der Waals surface area contributed by atoms with Crippen molar-refractivity contribution in [3.63, 3.8) is 0 Å². The number of nitrogens with one attached hydrogen (secondary N) is 2. The van der Waals surface area contributed by atoms with Crippen LogP contribution >= 0.6 is 11.9 Å². The predicted molar refractivity (Wildman–Crippen MR) is 102 cm³/mol. The van der Waals surface area contributed by atoms with Crippen molar-refractivity contribution in [2.45, 2.75) is 12.1 Å². The van der Waals surface area contributed by atoms with E-state index in [1.807, 2.05) is 30.3 Å². The molecule has 1 aromatic rings. The fraction of sp³-hybridized carbons (Fsp3) is 0.500. The third kappa shape index (κ3) is 5.83. The Morgan fingerprint density at radius 2 is 2.11 bits per heavy atom. The normalized spacial score (nSPS) is 22.9. The number of hydrogen-bond acceptors (Lipinski definition) is 9. The van der Waals surface area contributed by atoms with Crippen LogP contribution in [0.1, 0.15) is 11.7 Å². The number of quaternary nitrogens is 1. The van der Waals surface area contributed by atoms with Crippen LogP contribution in [-0.2, 0) is 24.9 Å². The zero-order valence-electron chi connectivity index (χ0n) is 15.5. The summed E-state index contributed by atoms with van der Waals surface area (Å²) in [4.78, 5) is 30.3. The number of morpholine rings is 1. The van der Waals surface area contributed by atoms with Crippen LogP contribution in [0.25, 0.3) is 0 Å². The van der Waals surface area contributed by atoms with Crippen molar-refractivity contribution in [1.82, 2.24) is 10.0 Å². The number of hydrogen-bond donors (Lipinski definition) is 2. The van der Waals surface area contributed by atoms with Crippen LogP contribution in [0.4, 0.5) is 4.79 Å². The van der Waals surface area contributed by atoms with E-state index in [4.69, 9.17) is 9.57 Å². The summed E-state index contributed by atoms with van der Waals surface area (Å²) in [7, 11) is 0.283. The van der Waals surface area contributed by atoms with Crippen molar-refractivity contribution in [1.29, 1.82) is 0 Å². The van der Waals surface area contributed by atoms with E-state index in [-0.39, 0.29) is 30.4 Å². The second-order valence-electron chi connectivity index (χ2n) is 5.94. The summed E-state index contributed by atoms with van der Waals surface area (Å²) >= 11 is 0.706. The Hall–Kier alpha value is -1.83. The molecule has 2 N–H and O–H groups in total.